The van der Waals surface area contributed by atoms with Crippen molar-refractivity contribution >= 4 is 33.5 Å². The van der Waals surface area contributed by atoms with Gasteiger partial charge in [0, 0.05) is 24.6 Å². The Hall–Kier alpha value is -2.63. The van der Waals surface area contributed by atoms with Crippen molar-refractivity contribution in [3.63, 3.8) is 0 Å². The lowest BCUT2D eigenvalue weighted by atomic mass is 9.98. The Morgan fingerprint density at radius 1 is 1.16 bits per heavy atom. The van der Waals surface area contributed by atoms with Crippen LogP contribution in [0.4, 0.5) is 0 Å². The van der Waals surface area contributed by atoms with Gasteiger partial charge < -0.3 is 14.2 Å². The van der Waals surface area contributed by atoms with Gasteiger partial charge in [-0.3, -0.25) is 4.79 Å². The molecule has 1 aromatic heterocycles. The fourth-order valence-electron chi connectivity index (χ4n) is 3.33. The van der Waals surface area contributed by atoms with E-state index in [9.17, 15) is 13.2 Å². The molecule has 1 fully saturated rings. The van der Waals surface area contributed by atoms with Crippen LogP contribution in [0.15, 0.2) is 39.0 Å². The number of ether oxygens (including phenoxy) is 3. The minimum Gasteiger partial charge on any atom is -0.493 e. The number of methoxy groups -OCH3 is 3. The van der Waals surface area contributed by atoms with Crippen molar-refractivity contribution in [3.8, 4) is 17.2 Å². The molecule has 0 unspecified atom stereocenters. The number of piperidine rings is 1. The second kappa shape index (κ2) is 10.1. The highest BCUT2D eigenvalue weighted by Gasteiger charge is 2.32. The van der Waals surface area contributed by atoms with Crippen LogP contribution in [0.3, 0.4) is 0 Å². The number of hydrazone groups is 1. The van der Waals surface area contributed by atoms with Crippen molar-refractivity contribution in [1.82, 2.24) is 9.73 Å². The predicted octanol–water partition coefficient (Wildman–Crippen LogP) is 2.32. The predicted molar refractivity (Wildman–Crippen MR) is 118 cm³/mol. The molecule has 1 aliphatic heterocycles. The first-order valence-electron chi connectivity index (χ1n) is 9.57. The topological polar surface area (TPSA) is 107 Å². The zero-order valence-electron chi connectivity index (χ0n) is 17.5. The number of hydrogen-bond donors (Lipinski definition) is 1. The average Bonchev–Trinajstić information content (AvgIpc) is 3.34. The van der Waals surface area contributed by atoms with Crippen LogP contribution in [-0.4, -0.2) is 59.3 Å². The summed E-state index contributed by atoms with van der Waals surface area (Å²) in [5.41, 5.74) is 3.20. The van der Waals surface area contributed by atoms with Crippen LogP contribution in [0.25, 0.3) is 0 Å². The molecule has 1 amide bonds. The summed E-state index contributed by atoms with van der Waals surface area (Å²) in [6.45, 7) is 0.601. The number of carbonyl (C=O) groups excluding carboxylic acids is 1. The number of nitrogens with one attached hydrogen (secondary N) is 1. The van der Waals surface area contributed by atoms with Crippen molar-refractivity contribution in [2.45, 2.75) is 17.1 Å². The molecule has 1 saturated heterocycles. The van der Waals surface area contributed by atoms with Crippen molar-refractivity contribution in [1.29, 1.82) is 0 Å². The van der Waals surface area contributed by atoms with Gasteiger partial charge in [-0.05, 0) is 36.4 Å². The Morgan fingerprint density at radius 3 is 2.32 bits per heavy atom. The van der Waals surface area contributed by atoms with Gasteiger partial charge in [0.2, 0.25) is 11.7 Å². The Kier molecular flexibility index (Phi) is 7.52. The zero-order valence-corrected chi connectivity index (χ0v) is 19.2. The average molecular weight is 468 g/mol. The number of nitrogens with zero attached hydrogens (tertiary/aromatic N) is 2. The summed E-state index contributed by atoms with van der Waals surface area (Å²) in [5.74, 6) is 0.891. The fourth-order valence-corrected chi connectivity index (χ4v) is 5.95. The maximum absolute atomic E-state index is 12.6. The molecule has 0 spiro atoms. The summed E-state index contributed by atoms with van der Waals surface area (Å²) >= 11 is 1.19. The minimum absolute atomic E-state index is 0.239. The van der Waals surface area contributed by atoms with Gasteiger partial charge in [-0.15, -0.1) is 11.3 Å². The van der Waals surface area contributed by atoms with E-state index in [0.29, 0.717) is 53.0 Å². The maximum atomic E-state index is 12.6. The third-order valence-corrected chi connectivity index (χ3v) is 8.26. The number of amides is 1. The lowest BCUT2D eigenvalue weighted by molar-refractivity contribution is -0.126. The summed E-state index contributed by atoms with van der Waals surface area (Å²) in [6.07, 6.45) is 2.37. The zero-order chi connectivity index (χ0) is 22.4. The molecule has 9 nitrogen and oxygen atoms in total. The highest BCUT2D eigenvalue weighted by Crippen LogP contribution is 2.37. The van der Waals surface area contributed by atoms with Gasteiger partial charge >= 0.3 is 0 Å². The molecule has 1 aliphatic rings. The van der Waals surface area contributed by atoms with Gasteiger partial charge in [0.05, 0.1) is 27.5 Å². The number of hydrogen-bond acceptors (Lipinski definition) is 8. The summed E-state index contributed by atoms with van der Waals surface area (Å²) in [7, 11) is 1.07. The number of rotatable bonds is 8. The Balaban J connectivity index is 1.58. The number of sulfonamides is 1. The van der Waals surface area contributed by atoms with E-state index >= 15 is 0 Å². The van der Waals surface area contributed by atoms with Crippen molar-refractivity contribution in [3.05, 3.63) is 35.2 Å². The summed E-state index contributed by atoms with van der Waals surface area (Å²) in [5, 5.41) is 5.76. The molecule has 1 N–H and O–H groups in total. The number of benzene rings is 1. The van der Waals surface area contributed by atoms with E-state index in [1.54, 1.807) is 29.6 Å². The summed E-state index contributed by atoms with van der Waals surface area (Å²) in [4.78, 5) is 12.5. The van der Waals surface area contributed by atoms with E-state index in [4.69, 9.17) is 14.2 Å². The van der Waals surface area contributed by atoms with E-state index in [0.717, 1.165) is 0 Å². The summed E-state index contributed by atoms with van der Waals surface area (Å²) in [6, 6.07) is 6.73. The first kappa shape index (κ1) is 23.0. The van der Waals surface area contributed by atoms with Crippen LogP contribution in [-0.2, 0) is 14.8 Å². The standard InChI is InChI=1S/C20H25N3O6S2/c1-27-16-11-14(12-17(28-2)19(16)29-3)13-21-22-20(24)15-6-8-23(9-7-15)31(25,26)18-5-4-10-30-18/h4-5,10-13,15H,6-9H2,1-3H3,(H,22,24)/b21-13+. The van der Waals surface area contributed by atoms with Crippen molar-refractivity contribution in [2.24, 2.45) is 11.0 Å². The van der Waals surface area contributed by atoms with E-state index < -0.39 is 10.0 Å². The first-order chi connectivity index (χ1) is 14.9. The Bertz CT molecular complexity index is 1000. The van der Waals surface area contributed by atoms with Gasteiger partial charge in [-0.2, -0.15) is 9.41 Å². The lowest BCUT2D eigenvalue weighted by Gasteiger charge is -2.29. The van der Waals surface area contributed by atoms with Crippen LogP contribution in [0.1, 0.15) is 18.4 Å². The minimum atomic E-state index is -3.48. The van der Waals surface area contributed by atoms with Gasteiger partial charge in [-0.1, -0.05) is 6.07 Å². The van der Waals surface area contributed by atoms with E-state index in [1.807, 2.05) is 0 Å². The smallest absolute Gasteiger partial charge is 0.252 e. The molecule has 11 heteroatoms. The van der Waals surface area contributed by atoms with Gasteiger partial charge in [0.1, 0.15) is 4.21 Å². The van der Waals surface area contributed by atoms with E-state index in [-0.39, 0.29) is 11.8 Å². The highest BCUT2D eigenvalue weighted by atomic mass is 32.2. The van der Waals surface area contributed by atoms with Crippen LogP contribution in [0.2, 0.25) is 0 Å². The lowest BCUT2D eigenvalue weighted by Crippen LogP contribution is -2.42. The molecular weight excluding hydrogens is 442 g/mol. The Morgan fingerprint density at radius 2 is 1.81 bits per heavy atom. The second-order valence-corrected chi connectivity index (χ2v) is 9.92. The van der Waals surface area contributed by atoms with Gasteiger partial charge in [-0.25, -0.2) is 13.8 Å². The second-order valence-electron chi connectivity index (χ2n) is 6.80. The first-order valence-corrected chi connectivity index (χ1v) is 11.9. The van der Waals surface area contributed by atoms with Gasteiger partial charge in [0.25, 0.3) is 10.0 Å². The molecule has 0 atom stereocenters. The highest BCUT2D eigenvalue weighted by molar-refractivity contribution is 7.91. The molecule has 0 bridgehead atoms. The van der Waals surface area contributed by atoms with E-state index in [1.165, 1.54) is 43.2 Å². The Labute approximate surface area is 185 Å². The largest absolute Gasteiger partial charge is 0.493 e. The van der Waals surface area contributed by atoms with Crippen molar-refractivity contribution < 1.29 is 27.4 Å². The molecule has 0 saturated carbocycles. The summed E-state index contributed by atoms with van der Waals surface area (Å²) < 4.78 is 42.8. The molecule has 2 heterocycles. The van der Waals surface area contributed by atoms with Crippen LogP contribution >= 0.6 is 11.3 Å². The molecule has 0 radical (unpaired) electrons. The molecule has 0 aliphatic carbocycles. The van der Waals surface area contributed by atoms with Crippen molar-refractivity contribution in [2.75, 3.05) is 34.4 Å². The molecule has 168 valence electrons. The third-order valence-electron chi connectivity index (χ3n) is 4.99. The molecular formula is C20H25N3O6S2. The van der Waals surface area contributed by atoms with E-state index in [2.05, 4.69) is 10.5 Å². The molecule has 31 heavy (non-hydrogen) atoms. The molecule has 1 aromatic carbocycles. The monoisotopic (exact) mass is 467 g/mol. The van der Waals surface area contributed by atoms with Crippen LogP contribution in [0.5, 0.6) is 17.2 Å². The molecule has 3 rings (SSSR count). The quantitative estimate of drug-likeness (QED) is 0.472. The fraction of sp³-hybridized carbons (Fsp3) is 0.400. The maximum Gasteiger partial charge on any atom is 0.252 e. The van der Waals surface area contributed by atoms with Gasteiger partial charge in [0.15, 0.2) is 11.5 Å². The van der Waals surface area contributed by atoms with Crippen LogP contribution in [0, 0.1) is 5.92 Å². The number of carbonyl (C=O) groups is 1. The SMILES string of the molecule is COc1cc(/C=N/NC(=O)C2CCN(S(=O)(=O)c3cccs3)CC2)cc(OC)c1OC. The van der Waals surface area contributed by atoms with Crippen LogP contribution < -0.4 is 19.6 Å². The normalized spacial score (nSPS) is 15.7. The third kappa shape index (κ3) is 5.17. The molecule has 2 aromatic rings. The number of thiophene rings is 1.